The third kappa shape index (κ3) is 4.03. The van der Waals surface area contributed by atoms with Gasteiger partial charge in [0.2, 0.25) is 0 Å². The standard InChI is InChI=1S/C10H19N5OS/c1-14(2)5-6-15-8(4-7-16-3)9(10(11)17)12-13-15/h4-7H2,1-3H3,(H2,11,17). The molecule has 0 atom stereocenters. The maximum absolute atomic E-state index is 5.62. The quantitative estimate of drug-likeness (QED) is 0.674. The number of nitrogens with two attached hydrogens (primary N) is 1. The van der Waals surface area contributed by atoms with Gasteiger partial charge in [0.05, 0.1) is 18.8 Å². The SMILES string of the molecule is COCCc1c(C(N)=S)nnn1CCN(C)C. The number of ether oxygens (including phenoxy) is 1. The van der Waals surface area contributed by atoms with Crippen LogP contribution in [0.25, 0.3) is 0 Å². The van der Waals surface area contributed by atoms with Crippen LogP contribution >= 0.6 is 12.2 Å². The van der Waals surface area contributed by atoms with E-state index in [4.69, 9.17) is 22.7 Å². The van der Waals surface area contributed by atoms with Crippen molar-refractivity contribution in [2.24, 2.45) is 5.73 Å². The maximum atomic E-state index is 5.62. The fourth-order valence-electron chi connectivity index (χ4n) is 1.44. The summed E-state index contributed by atoms with van der Waals surface area (Å²) in [5, 5.41) is 8.10. The van der Waals surface area contributed by atoms with Crippen molar-refractivity contribution < 1.29 is 4.74 Å². The molecule has 0 unspecified atom stereocenters. The third-order valence-corrected chi connectivity index (χ3v) is 2.57. The van der Waals surface area contributed by atoms with Gasteiger partial charge in [-0.3, -0.25) is 0 Å². The van der Waals surface area contributed by atoms with Gasteiger partial charge in [-0.2, -0.15) is 0 Å². The predicted molar refractivity (Wildman–Crippen MR) is 70.0 cm³/mol. The fourth-order valence-corrected chi connectivity index (χ4v) is 1.60. The lowest BCUT2D eigenvalue weighted by Crippen LogP contribution is -2.21. The third-order valence-electron chi connectivity index (χ3n) is 2.37. The van der Waals surface area contributed by atoms with Crippen molar-refractivity contribution in [1.29, 1.82) is 0 Å². The Morgan fingerprint density at radius 2 is 2.24 bits per heavy atom. The van der Waals surface area contributed by atoms with Gasteiger partial charge in [-0.25, -0.2) is 4.68 Å². The van der Waals surface area contributed by atoms with Crippen molar-refractivity contribution in [2.45, 2.75) is 13.0 Å². The molecule has 1 rings (SSSR count). The Labute approximate surface area is 107 Å². The Hall–Kier alpha value is -1.05. The molecule has 2 N–H and O–H groups in total. The molecule has 1 aromatic rings. The van der Waals surface area contributed by atoms with Gasteiger partial charge >= 0.3 is 0 Å². The zero-order valence-electron chi connectivity index (χ0n) is 10.5. The summed E-state index contributed by atoms with van der Waals surface area (Å²) in [5.41, 5.74) is 7.17. The second-order valence-corrected chi connectivity index (χ2v) is 4.46. The fraction of sp³-hybridized carbons (Fsp3) is 0.700. The summed E-state index contributed by atoms with van der Waals surface area (Å²) >= 11 is 4.96. The monoisotopic (exact) mass is 257 g/mol. The predicted octanol–water partition coefficient (Wildman–Crippen LogP) is -0.337. The molecule has 0 aliphatic heterocycles. The zero-order chi connectivity index (χ0) is 12.8. The topological polar surface area (TPSA) is 69.2 Å². The van der Waals surface area contributed by atoms with Gasteiger partial charge in [0, 0.05) is 20.1 Å². The van der Waals surface area contributed by atoms with Crippen molar-refractivity contribution in [3.05, 3.63) is 11.4 Å². The molecule has 0 aliphatic rings. The summed E-state index contributed by atoms with van der Waals surface area (Å²) < 4.78 is 6.91. The summed E-state index contributed by atoms with van der Waals surface area (Å²) in [7, 11) is 5.69. The molecule has 17 heavy (non-hydrogen) atoms. The summed E-state index contributed by atoms with van der Waals surface area (Å²) in [4.78, 5) is 2.37. The Kier molecular flexibility index (Phi) is 5.46. The van der Waals surface area contributed by atoms with Gasteiger partial charge in [0.1, 0.15) is 10.7 Å². The summed E-state index contributed by atoms with van der Waals surface area (Å²) in [6, 6.07) is 0. The van der Waals surface area contributed by atoms with Crippen LogP contribution in [0.4, 0.5) is 0 Å². The van der Waals surface area contributed by atoms with E-state index in [2.05, 4.69) is 15.2 Å². The Morgan fingerprint density at radius 3 is 2.76 bits per heavy atom. The van der Waals surface area contributed by atoms with E-state index >= 15 is 0 Å². The van der Waals surface area contributed by atoms with Crippen molar-refractivity contribution >= 4 is 17.2 Å². The number of likely N-dealkylation sites (N-methyl/N-ethyl adjacent to an activating group) is 1. The van der Waals surface area contributed by atoms with Crippen LogP contribution in [0.3, 0.4) is 0 Å². The highest BCUT2D eigenvalue weighted by Gasteiger charge is 2.14. The highest BCUT2D eigenvalue weighted by atomic mass is 32.1. The molecule has 96 valence electrons. The number of hydrogen-bond acceptors (Lipinski definition) is 5. The normalized spacial score (nSPS) is 11.1. The summed E-state index contributed by atoms with van der Waals surface area (Å²) in [6.07, 6.45) is 0.712. The molecule has 1 heterocycles. The van der Waals surface area contributed by atoms with Crippen molar-refractivity contribution in [1.82, 2.24) is 19.9 Å². The molecule has 1 aromatic heterocycles. The molecule has 0 aromatic carbocycles. The average Bonchev–Trinajstić information content (AvgIpc) is 2.66. The first-order valence-corrected chi connectivity index (χ1v) is 5.83. The minimum absolute atomic E-state index is 0.284. The van der Waals surface area contributed by atoms with E-state index in [0.717, 1.165) is 18.8 Å². The van der Waals surface area contributed by atoms with E-state index in [1.807, 2.05) is 18.8 Å². The van der Waals surface area contributed by atoms with E-state index in [9.17, 15) is 0 Å². The highest BCUT2D eigenvalue weighted by Crippen LogP contribution is 2.07. The number of nitrogens with zero attached hydrogens (tertiary/aromatic N) is 4. The minimum atomic E-state index is 0.284. The van der Waals surface area contributed by atoms with Crippen LogP contribution in [-0.4, -0.2) is 59.2 Å². The van der Waals surface area contributed by atoms with E-state index in [1.54, 1.807) is 7.11 Å². The van der Waals surface area contributed by atoms with Crippen molar-refractivity contribution in [2.75, 3.05) is 34.4 Å². The van der Waals surface area contributed by atoms with Crippen LogP contribution in [0.15, 0.2) is 0 Å². The second-order valence-electron chi connectivity index (χ2n) is 4.02. The van der Waals surface area contributed by atoms with Crippen LogP contribution in [0.2, 0.25) is 0 Å². The molecule has 0 saturated carbocycles. The van der Waals surface area contributed by atoms with Gasteiger partial charge in [-0.15, -0.1) is 5.10 Å². The molecule has 6 nitrogen and oxygen atoms in total. The number of thiocarbonyl (C=S) groups is 1. The molecule has 0 fully saturated rings. The average molecular weight is 257 g/mol. The van der Waals surface area contributed by atoms with E-state index < -0.39 is 0 Å². The first-order valence-electron chi connectivity index (χ1n) is 5.42. The highest BCUT2D eigenvalue weighted by molar-refractivity contribution is 7.80. The van der Waals surface area contributed by atoms with Crippen LogP contribution in [0.5, 0.6) is 0 Å². The number of aromatic nitrogens is 3. The van der Waals surface area contributed by atoms with Gasteiger partial charge < -0.3 is 15.4 Å². The smallest absolute Gasteiger partial charge is 0.143 e. The van der Waals surface area contributed by atoms with Crippen molar-refractivity contribution in [3.63, 3.8) is 0 Å². The molecule has 0 amide bonds. The van der Waals surface area contributed by atoms with Crippen LogP contribution in [0.1, 0.15) is 11.4 Å². The molecule has 0 radical (unpaired) electrons. The maximum Gasteiger partial charge on any atom is 0.143 e. The van der Waals surface area contributed by atoms with Gasteiger partial charge in [0.25, 0.3) is 0 Å². The number of hydrogen-bond donors (Lipinski definition) is 1. The minimum Gasteiger partial charge on any atom is -0.388 e. The van der Waals surface area contributed by atoms with Gasteiger partial charge in [-0.05, 0) is 14.1 Å². The van der Waals surface area contributed by atoms with E-state index in [0.29, 0.717) is 18.7 Å². The summed E-state index contributed by atoms with van der Waals surface area (Å²) in [5.74, 6) is 0. The first-order chi connectivity index (χ1) is 8.06. The molecular formula is C10H19N5OS. The number of methoxy groups -OCH3 is 1. The lowest BCUT2D eigenvalue weighted by Gasteiger charge is -2.11. The van der Waals surface area contributed by atoms with E-state index in [-0.39, 0.29) is 4.99 Å². The lowest BCUT2D eigenvalue weighted by atomic mass is 10.2. The van der Waals surface area contributed by atoms with Crippen LogP contribution < -0.4 is 5.73 Å². The van der Waals surface area contributed by atoms with Crippen molar-refractivity contribution in [3.8, 4) is 0 Å². The van der Waals surface area contributed by atoms with Gasteiger partial charge in [0.15, 0.2) is 0 Å². The first kappa shape index (κ1) is 14.0. The molecule has 0 aliphatic carbocycles. The van der Waals surface area contributed by atoms with E-state index in [1.165, 1.54) is 0 Å². The molecule has 7 heteroatoms. The molecule has 0 spiro atoms. The Morgan fingerprint density at radius 1 is 1.53 bits per heavy atom. The van der Waals surface area contributed by atoms with Crippen LogP contribution in [0, 0.1) is 0 Å². The molecule has 0 bridgehead atoms. The Bertz CT molecular complexity index is 377. The largest absolute Gasteiger partial charge is 0.388 e. The van der Waals surface area contributed by atoms with Gasteiger partial charge in [-0.1, -0.05) is 17.4 Å². The number of rotatable bonds is 7. The Balaban J connectivity index is 2.84. The molecular weight excluding hydrogens is 238 g/mol. The zero-order valence-corrected chi connectivity index (χ0v) is 11.3. The summed E-state index contributed by atoms with van der Waals surface area (Å²) in [6.45, 7) is 2.26. The lowest BCUT2D eigenvalue weighted by molar-refractivity contribution is 0.199. The van der Waals surface area contributed by atoms with Crippen LogP contribution in [-0.2, 0) is 17.7 Å². The molecule has 0 saturated heterocycles. The second kappa shape index (κ2) is 6.63.